The van der Waals surface area contributed by atoms with Crippen LogP contribution in [-0.2, 0) is 12.5 Å². The Labute approximate surface area is 187 Å². The number of hydrogen-bond donors (Lipinski definition) is 2. The fraction of sp³-hybridized carbons (Fsp3) is 0.364. The quantitative estimate of drug-likeness (QED) is 0.356. The summed E-state index contributed by atoms with van der Waals surface area (Å²) in [7, 11) is 0. The highest BCUT2D eigenvalue weighted by atomic mass is 35.5. The van der Waals surface area contributed by atoms with Gasteiger partial charge in [-0.2, -0.15) is 13.9 Å². The molecule has 3 heterocycles. The number of aromatic amines is 1. The van der Waals surface area contributed by atoms with Gasteiger partial charge in [0.25, 0.3) is 0 Å². The van der Waals surface area contributed by atoms with Crippen LogP contribution in [0.4, 0.5) is 29.2 Å². The van der Waals surface area contributed by atoms with Crippen molar-refractivity contribution in [3.05, 3.63) is 70.0 Å². The van der Waals surface area contributed by atoms with E-state index in [2.05, 4.69) is 20.5 Å². The molecule has 0 radical (unpaired) electrons. The number of nitrogens with zero attached hydrogens (tertiary/aromatic N) is 3. The van der Waals surface area contributed by atoms with Crippen LogP contribution in [0.25, 0.3) is 0 Å². The molecule has 3 aromatic rings. The highest BCUT2D eigenvalue weighted by molar-refractivity contribution is 6.30. The van der Waals surface area contributed by atoms with Crippen molar-refractivity contribution in [2.45, 2.75) is 32.2 Å². The number of aryl methyl sites for hydroxylation is 1. The summed E-state index contributed by atoms with van der Waals surface area (Å²) >= 11 is 5.67. The number of likely N-dealkylation sites (tertiary alicyclic amines) is 1. The number of aromatic nitrogens is 3. The van der Waals surface area contributed by atoms with Crippen molar-refractivity contribution in [3.63, 3.8) is 0 Å². The van der Waals surface area contributed by atoms with Gasteiger partial charge in [0.1, 0.15) is 11.6 Å². The fourth-order valence-electron chi connectivity index (χ4n) is 3.91. The Morgan fingerprint density at radius 1 is 1.16 bits per heavy atom. The third kappa shape index (κ3) is 4.73. The molecule has 1 aromatic carbocycles. The molecule has 0 bridgehead atoms. The maximum atomic E-state index is 14.9. The van der Waals surface area contributed by atoms with Crippen LogP contribution in [0.2, 0.25) is 5.02 Å². The van der Waals surface area contributed by atoms with E-state index < -0.39 is 23.2 Å². The van der Waals surface area contributed by atoms with Gasteiger partial charge in [0.05, 0.1) is 16.3 Å². The lowest BCUT2D eigenvalue weighted by molar-refractivity contribution is -0.167. The number of H-pyrrole nitrogens is 1. The molecule has 0 spiro atoms. The van der Waals surface area contributed by atoms with E-state index in [0.717, 1.165) is 16.7 Å². The van der Waals surface area contributed by atoms with E-state index in [4.69, 9.17) is 11.6 Å². The standard InChI is InChI=1S/C22H22ClF4N5/c1-13-11-20(31-30-13)29-19-6-5-17(24)18(28-19)12-14-7-9-32(10-8-14)22(26,27)15-3-2-4-16(23)21(15)25/h2-6,11,14H,7-10,12H2,1H3,(H2,28,29,30,31). The zero-order valence-electron chi connectivity index (χ0n) is 17.3. The summed E-state index contributed by atoms with van der Waals surface area (Å²) in [6.07, 6.45) is 1.15. The summed E-state index contributed by atoms with van der Waals surface area (Å²) in [6, 6.07) is 4.76. The summed E-state index contributed by atoms with van der Waals surface area (Å²) in [5.74, 6) is -0.549. The average molecular weight is 468 g/mol. The van der Waals surface area contributed by atoms with Crippen LogP contribution in [-0.4, -0.2) is 33.2 Å². The van der Waals surface area contributed by atoms with Gasteiger partial charge in [-0.1, -0.05) is 17.7 Å². The van der Waals surface area contributed by atoms with Crippen molar-refractivity contribution < 1.29 is 17.6 Å². The van der Waals surface area contributed by atoms with Crippen LogP contribution >= 0.6 is 11.6 Å². The Hall–Kier alpha value is -2.65. The number of hydrogen-bond acceptors (Lipinski definition) is 4. The fourth-order valence-corrected chi connectivity index (χ4v) is 4.08. The molecule has 2 N–H and O–H groups in total. The molecular weight excluding hydrogens is 446 g/mol. The number of rotatable bonds is 6. The van der Waals surface area contributed by atoms with Crippen molar-refractivity contribution in [1.29, 1.82) is 0 Å². The summed E-state index contributed by atoms with van der Waals surface area (Å²) in [5, 5.41) is 9.54. The van der Waals surface area contributed by atoms with Gasteiger partial charge in [-0.15, -0.1) is 0 Å². The van der Waals surface area contributed by atoms with Crippen LogP contribution in [0.3, 0.4) is 0 Å². The molecule has 0 amide bonds. The zero-order chi connectivity index (χ0) is 22.9. The Morgan fingerprint density at radius 3 is 2.59 bits per heavy atom. The lowest BCUT2D eigenvalue weighted by Gasteiger charge is -2.37. The molecule has 2 aromatic heterocycles. The number of nitrogens with one attached hydrogen (secondary N) is 2. The van der Waals surface area contributed by atoms with Crippen LogP contribution in [0.5, 0.6) is 0 Å². The van der Waals surface area contributed by atoms with Crippen LogP contribution in [0, 0.1) is 24.5 Å². The van der Waals surface area contributed by atoms with Gasteiger partial charge in [0.2, 0.25) is 0 Å². The van der Waals surface area contributed by atoms with E-state index in [-0.39, 0.29) is 29.7 Å². The second kappa shape index (κ2) is 9.07. The number of halogens is 5. The number of piperidine rings is 1. The summed E-state index contributed by atoms with van der Waals surface area (Å²) in [5.41, 5.74) is 0.410. The SMILES string of the molecule is Cc1cc(Nc2ccc(F)c(CC3CCN(C(F)(F)c4cccc(Cl)c4F)CC3)n2)n[nH]1. The maximum Gasteiger partial charge on any atom is 0.334 e. The molecule has 1 fully saturated rings. The summed E-state index contributed by atoms with van der Waals surface area (Å²) in [6.45, 7) is 1.96. The molecule has 1 aliphatic rings. The highest BCUT2D eigenvalue weighted by Crippen LogP contribution is 2.38. The first kappa shape index (κ1) is 22.5. The number of alkyl halides is 2. The molecular formula is C22H22ClF4N5. The van der Waals surface area contributed by atoms with Crippen molar-refractivity contribution in [2.75, 3.05) is 18.4 Å². The molecule has 0 atom stereocenters. The second-order valence-corrected chi connectivity index (χ2v) is 8.37. The van der Waals surface area contributed by atoms with E-state index >= 15 is 0 Å². The molecule has 0 unspecified atom stereocenters. The lowest BCUT2D eigenvalue weighted by Crippen LogP contribution is -2.45. The molecule has 4 rings (SSSR count). The van der Waals surface area contributed by atoms with E-state index in [1.165, 1.54) is 24.3 Å². The lowest BCUT2D eigenvalue weighted by atomic mass is 9.91. The summed E-state index contributed by atoms with van der Waals surface area (Å²) in [4.78, 5) is 5.29. The Kier molecular flexibility index (Phi) is 6.39. The first-order valence-electron chi connectivity index (χ1n) is 10.3. The predicted molar refractivity (Wildman–Crippen MR) is 114 cm³/mol. The largest absolute Gasteiger partial charge is 0.334 e. The first-order chi connectivity index (χ1) is 15.2. The van der Waals surface area contributed by atoms with Gasteiger partial charge in [-0.3, -0.25) is 5.10 Å². The average Bonchev–Trinajstić information content (AvgIpc) is 3.17. The number of benzene rings is 1. The predicted octanol–water partition coefficient (Wildman–Crippen LogP) is 5.79. The maximum absolute atomic E-state index is 14.9. The van der Waals surface area contributed by atoms with E-state index in [9.17, 15) is 17.6 Å². The van der Waals surface area contributed by atoms with Gasteiger partial charge < -0.3 is 5.32 Å². The van der Waals surface area contributed by atoms with Gasteiger partial charge in [-0.25, -0.2) is 18.7 Å². The highest BCUT2D eigenvalue weighted by Gasteiger charge is 2.43. The molecule has 1 saturated heterocycles. The second-order valence-electron chi connectivity index (χ2n) is 7.96. The third-order valence-corrected chi connectivity index (χ3v) is 5.94. The van der Waals surface area contributed by atoms with Crippen molar-refractivity contribution in [1.82, 2.24) is 20.1 Å². The zero-order valence-corrected chi connectivity index (χ0v) is 18.1. The smallest absolute Gasteiger partial charge is 0.323 e. The minimum Gasteiger partial charge on any atom is -0.323 e. The molecule has 0 saturated carbocycles. The first-order valence-corrected chi connectivity index (χ1v) is 10.6. The van der Waals surface area contributed by atoms with E-state index in [0.29, 0.717) is 30.9 Å². The monoisotopic (exact) mass is 467 g/mol. The van der Waals surface area contributed by atoms with Crippen molar-refractivity contribution >= 4 is 23.2 Å². The Morgan fingerprint density at radius 2 is 1.91 bits per heavy atom. The van der Waals surface area contributed by atoms with E-state index in [1.54, 1.807) is 6.07 Å². The number of anilines is 2. The van der Waals surface area contributed by atoms with Gasteiger partial charge in [-0.05, 0) is 56.4 Å². The Balaban J connectivity index is 1.40. The molecule has 5 nitrogen and oxygen atoms in total. The van der Waals surface area contributed by atoms with Gasteiger partial charge in [0, 0.05) is 24.8 Å². The Bertz CT molecular complexity index is 1100. The normalized spacial score (nSPS) is 15.8. The van der Waals surface area contributed by atoms with Crippen molar-refractivity contribution in [2.24, 2.45) is 5.92 Å². The van der Waals surface area contributed by atoms with Crippen molar-refractivity contribution in [3.8, 4) is 0 Å². The molecule has 1 aliphatic heterocycles. The minimum absolute atomic E-state index is 0.0175. The van der Waals surface area contributed by atoms with E-state index in [1.807, 2.05) is 6.92 Å². The number of pyridine rings is 1. The molecule has 10 heteroatoms. The summed E-state index contributed by atoms with van der Waals surface area (Å²) < 4.78 is 58.3. The topological polar surface area (TPSA) is 56.8 Å². The van der Waals surface area contributed by atoms with Crippen LogP contribution in [0.1, 0.15) is 29.8 Å². The molecule has 170 valence electrons. The van der Waals surface area contributed by atoms with Gasteiger partial charge >= 0.3 is 6.05 Å². The van der Waals surface area contributed by atoms with Crippen LogP contribution in [0.15, 0.2) is 36.4 Å². The van der Waals surface area contributed by atoms with Crippen LogP contribution < -0.4 is 5.32 Å². The third-order valence-electron chi connectivity index (χ3n) is 5.65. The van der Waals surface area contributed by atoms with Gasteiger partial charge in [0.15, 0.2) is 11.6 Å². The molecule has 32 heavy (non-hydrogen) atoms. The minimum atomic E-state index is -3.48. The molecule has 0 aliphatic carbocycles.